The molecule has 2 N–H and O–H groups in total. The topological polar surface area (TPSA) is 66.0 Å². The molecule has 1 aromatic carbocycles. The maximum absolute atomic E-state index is 11.7. The van der Waals surface area contributed by atoms with Crippen LogP contribution >= 0.6 is 58.9 Å². The normalized spacial score (nSPS) is 10.9. The van der Waals surface area contributed by atoms with E-state index in [4.69, 9.17) is 27.9 Å². The highest BCUT2D eigenvalue weighted by Gasteiger charge is 2.05. The Kier molecular flexibility index (Phi) is 15.3. The van der Waals surface area contributed by atoms with E-state index in [1.807, 2.05) is 12.3 Å². The monoisotopic (exact) mass is 548 g/mol. The van der Waals surface area contributed by atoms with Crippen molar-refractivity contribution in [1.29, 1.82) is 0 Å². The van der Waals surface area contributed by atoms with Crippen LogP contribution in [-0.2, 0) is 16.1 Å². The van der Waals surface area contributed by atoms with Gasteiger partial charge >= 0.3 is 0 Å². The van der Waals surface area contributed by atoms with Crippen LogP contribution in [0.25, 0.3) is 0 Å². The highest BCUT2D eigenvalue weighted by atomic mass is 127. The minimum Gasteiger partial charge on any atom is -0.375 e. The van der Waals surface area contributed by atoms with Gasteiger partial charge in [0.1, 0.15) is 6.54 Å². The van der Waals surface area contributed by atoms with Crippen LogP contribution in [0.15, 0.2) is 23.2 Å². The van der Waals surface area contributed by atoms with Crippen molar-refractivity contribution in [3.05, 3.63) is 33.8 Å². The number of amides is 1. The van der Waals surface area contributed by atoms with Crippen LogP contribution in [0.5, 0.6) is 0 Å². The molecule has 1 aromatic rings. The molecule has 10 heteroatoms. The maximum Gasteiger partial charge on any atom is 0.243 e. The number of nitrogens with one attached hydrogen (secondary N) is 2. The lowest BCUT2D eigenvalue weighted by atomic mass is 10.2. The molecule has 27 heavy (non-hydrogen) atoms. The molecule has 0 unspecified atom stereocenters. The zero-order valence-corrected chi connectivity index (χ0v) is 20.4. The molecule has 0 aliphatic rings. The number of hydrogen-bond acceptors (Lipinski definition) is 4. The van der Waals surface area contributed by atoms with Gasteiger partial charge in [-0.05, 0) is 24.0 Å². The molecule has 0 aliphatic heterocycles. The molecule has 0 atom stereocenters. The lowest BCUT2D eigenvalue weighted by Gasteiger charge is -2.14. The fourth-order valence-electron chi connectivity index (χ4n) is 1.80. The summed E-state index contributed by atoms with van der Waals surface area (Å²) in [6.45, 7) is 2.31. The van der Waals surface area contributed by atoms with Crippen molar-refractivity contribution in [2.45, 2.75) is 6.61 Å². The third-order valence-electron chi connectivity index (χ3n) is 3.28. The van der Waals surface area contributed by atoms with E-state index >= 15 is 0 Å². The summed E-state index contributed by atoms with van der Waals surface area (Å²) >= 11 is 13.7. The van der Waals surface area contributed by atoms with E-state index in [0.29, 0.717) is 35.8 Å². The van der Waals surface area contributed by atoms with Gasteiger partial charge in [0.25, 0.3) is 0 Å². The van der Waals surface area contributed by atoms with Crippen molar-refractivity contribution < 1.29 is 9.53 Å². The predicted molar refractivity (Wildman–Crippen MR) is 127 cm³/mol. The standard InChI is InChI=1S/C17H26Cl2N4O2S.HI/c1-23(2)16(24)11-22-17(21-7-9-26-3)20-6-8-25-12-13-4-5-14(18)10-15(13)19;/h4-5,10H,6-9,11-12H2,1-3H3,(H2,20,21,22);1H. The van der Waals surface area contributed by atoms with Crippen molar-refractivity contribution in [3.63, 3.8) is 0 Å². The Labute approximate surface area is 192 Å². The zero-order valence-electron chi connectivity index (χ0n) is 15.8. The van der Waals surface area contributed by atoms with Gasteiger partial charge in [-0.15, -0.1) is 24.0 Å². The SMILES string of the molecule is CSCCNC(=NCC(=O)N(C)C)NCCOCc1ccc(Cl)cc1Cl.I. The molecular formula is C17H27Cl2IN4O2S. The zero-order chi connectivity index (χ0) is 19.4. The summed E-state index contributed by atoms with van der Waals surface area (Å²) in [5, 5.41) is 7.55. The van der Waals surface area contributed by atoms with Crippen molar-refractivity contribution >= 4 is 70.8 Å². The molecule has 0 spiro atoms. The first kappa shape index (κ1) is 26.6. The lowest BCUT2D eigenvalue weighted by molar-refractivity contribution is -0.127. The largest absolute Gasteiger partial charge is 0.375 e. The Morgan fingerprint density at radius 1 is 1.26 bits per heavy atom. The molecule has 0 heterocycles. The average molecular weight is 549 g/mol. The van der Waals surface area contributed by atoms with Gasteiger partial charge in [-0.3, -0.25) is 4.79 Å². The summed E-state index contributed by atoms with van der Waals surface area (Å²) in [7, 11) is 3.42. The number of carbonyl (C=O) groups excluding carboxylic acids is 1. The smallest absolute Gasteiger partial charge is 0.243 e. The minimum atomic E-state index is -0.0513. The summed E-state index contributed by atoms with van der Waals surface area (Å²) in [6.07, 6.45) is 2.04. The first-order valence-corrected chi connectivity index (χ1v) is 10.3. The number of guanidine groups is 1. The van der Waals surface area contributed by atoms with Gasteiger partial charge in [0.05, 0.1) is 13.2 Å². The molecule has 0 saturated heterocycles. The van der Waals surface area contributed by atoms with Crippen LogP contribution in [0.4, 0.5) is 0 Å². The predicted octanol–water partition coefficient (Wildman–Crippen LogP) is 3.11. The van der Waals surface area contributed by atoms with Crippen molar-refractivity contribution in [3.8, 4) is 0 Å². The van der Waals surface area contributed by atoms with Gasteiger partial charge in [0.15, 0.2) is 5.96 Å². The first-order chi connectivity index (χ1) is 12.4. The molecule has 0 aromatic heterocycles. The Morgan fingerprint density at radius 3 is 2.59 bits per heavy atom. The summed E-state index contributed by atoms with van der Waals surface area (Å²) < 4.78 is 5.63. The Balaban J connectivity index is 0.00000676. The van der Waals surface area contributed by atoms with Crippen LogP contribution in [0.3, 0.4) is 0 Å². The van der Waals surface area contributed by atoms with E-state index in [0.717, 1.165) is 17.9 Å². The molecule has 154 valence electrons. The Hall–Kier alpha value is -0.420. The average Bonchev–Trinajstić information content (AvgIpc) is 2.60. The number of likely N-dealkylation sites (N-methyl/N-ethyl adjacent to an activating group) is 1. The molecule has 6 nitrogen and oxygen atoms in total. The first-order valence-electron chi connectivity index (χ1n) is 8.17. The van der Waals surface area contributed by atoms with E-state index in [1.54, 1.807) is 38.0 Å². The molecule has 0 saturated carbocycles. The van der Waals surface area contributed by atoms with Crippen LogP contribution in [0.2, 0.25) is 10.0 Å². The summed E-state index contributed by atoms with van der Waals surface area (Å²) in [5.41, 5.74) is 0.889. The molecule has 1 rings (SSSR count). The number of halogens is 3. The van der Waals surface area contributed by atoms with Crippen LogP contribution in [-0.4, -0.2) is 69.1 Å². The number of hydrogen-bond donors (Lipinski definition) is 2. The van der Waals surface area contributed by atoms with E-state index in [9.17, 15) is 4.79 Å². The van der Waals surface area contributed by atoms with Gasteiger partial charge in [-0.1, -0.05) is 29.3 Å². The molecule has 0 fully saturated rings. The second-order valence-electron chi connectivity index (χ2n) is 5.59. The Bertz CT molecular complexity index is 606. The number of nitrogens with zero attached hydrogens (tertiary/aromatic N) is 2. The van der Waals surface area contributed by atoms with Crippen molar-refractivity contribution in [2.24, 2.45) is 4.99 Å². The fraction of sp³-hybridized carbons (Fsp3) is 0.529. The van der Waals surface area contributed by atoms with Crippen LogP contribution in [0, 0.1) is 0 Å². The number of aliphatic imine (C=N–C) groups is 1. The van der Waals surface area contributed by atoms with Gasteiger partial charge in [0.2, 0.25) is 5.91 Å². The number of rotatable bonds is 10. The van der Waals surface area contributed by atoms with Gasteiger partial charge in [0, 0.05) is 43.0 Å². The number of ether oxygens (including phenoxy) is 1. The second-order valence-corrected chi connectivity index (χ2v) is 7.42. The third-order valence-corrected chi connectivity index (χ3v) is 4.48. The molecule has 1 amide bonds. The van der Waals surface area contributed by atoms with E-state index < -0.39 is 0 Å². The highest BCUT2D eigenvalue weighted by molar-refractivity contribution is 14.0. The van der Waals surface area contributed by atoms with Crippen LogP contribution < -0.4 is 10.6 Å². The Morgan fingerprint density at radius 2 is 1.96 bits per heavy atom. The number of benzene rings is 1. The molecule has 0 aliphatic carbocycles. The van der Waals surface area contributed by atoms with Gasteiger partial charge < -0.3 is 20.3 Å². The molecular weight excluding hydrogens is 522 g/mol. The molecule has 0 bridgehead atoms. The fourth-order valence-corrected chi connectivity index (χ4v) is 2.57. The second kappa shape index (κ2) is 15.5. The molecule has 0 radical (unpaired) electrons. The van der Waals surface area contributed by atoms with E-state index in [2.05, 4.69) is 15.6 Å². The van der Waals surface area contributed by atoms with Crippen molar-refractivity contribution in [2.75, 3.05) is 52.3 Å². The lowest BCUT2D eigenvalue weighted by Crippen LogP contribution is -2.41. The number of thioether (sulfide) groups is 1. The van der Waals surface area contributed by atoms with Crippen LogP contribution in [0.1, 0.15) is 5.56 Å². The van der Waals surface area contributed by atoms with E-state index in [1.165, 1.54) is 4.90 Å². The summed E-state index contributed by atoms with van der Waals surface area (Å²) in [5.74, 6) is 1.50. The summed E-state index contributed by atoms with van der Waals surface area (Å²) in [6, 6.07) is 5.33. The third kappa shape index (κ3) is 11.9. The van der Waals surface area contributed by atoms with E-state index in [-0.39, 0.29) is 36.4 Å². The van der Waals surface area contributed by atoms with Gasteiger partial charge in [-0.25, -0.2) is 4.99 Å². The number of carbonyl (C=O) groups is 1. The maximum atomic E-state index is 11.7. The summed E-state index contributed by atoms with van der Waals surface area (Å²) in [4.78, 5) is 17.5. The quantitative estimate of drug-likeness (QED) is 0.203. The minimum absolute atomic E-state index is 0. The van der Waals surface area contributed by atoms with Gasteiger partial charge in [-0.2, -0.15) is 11.8 Å². The van der Waals surface area contributed by atoms with Crippen molar-refractivity contribution in [1.82, 2.24) is 15.5 Å². The highest BCUT2D eigenvalue weighted by Crippen LogP contribution is 2.21.